The molecule has 20 heavy (non-hydrogen) atoms. The highest BCUT2D eigenvalue weighted by Crippen LogP contribution is 2.04. The van der Waals surface area contributed by atoms with Gasteiger partial charge in [0, 0.05) is 19.6 Å². The minimum absolute atomic E-state index is 0.0507. The minimum Gasteiger partial charge on any atom is -0.370 e. The lowest BCUT2D eigenvalue weighted by atomic mass is 10.2. The number of benzene rings is 1. The zero-order valence-electron chi connectivity index (χ0n) is 11.1. The summed E-state index contributed by atoms with van der Waals surface area (Å²) in [6.45, 7) is 1.69. The van der Waals surface area contributed by atoms with Crippen LogP contribution < -0.4 is 4.72 Å². The van der Waals surface area contributed by atoms with E-state index in [-0.39, 0.29) is 24.8 Å². The molecule has 1 fully saturated rings. The van der Waals surface area contributed by atoms with Gasteiger partial charge < -0.3 is 9.64 Å². The van der Waals surface area contributed by atoms with Gasteiger partial charge >= 0.3 is 0 Å². The van der Waals surface area contributed by atoms with Gasteiger partial charge in [0.05, 0.1) is 12.4 Å². The zero-order valence-corrected chi connectivity index (χ0v) is 11.9. The second kappa shape index (κ2) is 6.83. The summed E-state index contributed by atoms with van der Waals surface area (Å²) < 4.78 is 31.3. The molecule has 1 aromatic rings. The molecule has 2 rings (SSSR count). The predicted octanol–water partition coefficient (Wildman–Crippen LogP) is -0.0352. The average Bonchev–Trinajstić information content (AvgIpc) is 2.41. The minimum atomic E-state index is -3.37. The zero-order chi connectivity index (χ0) is 14.4. The van der Waals surface area contributed by atoms with E-state index in [1.807, 2.05) is 6.07 Å². The number of nitrogens with one attached hydrogen (secondary N) is 1. The van der Waals surface area contributed by atoms with Gasteiger partial charge in [-0.1, -0.05) is 30.3 Å². The van der Waals surface area contributed by atoms with Crippen LogP contribution in [0.4, 0.5) is 0 Å². The lowest BCUT2D eigenvalue weighted by molar-refractivity contribution is -0.142. The summed E-state index contributed by atoms with van der Waals surface area (Å²) >= 11 is 0. The van der Waals surface area contributed by atoms with E-state index in [1.54, 1.807) is 29.2 Å². The first kappa shape index (κ1) is 15.0. The Morgan fingerprint density at radius 2 is 2.00 bits per heavy atom. The summed E-state index contributed by atoms with van der Waals surface area (Å²) in [4.78, 5) is 13.1. The molecule has 0 unspecified atom stereocenters. The first-order valence-corrected chi connectivity index (χ1v) is 8.09. The Kier molecular flexibility index (Phi) is 5.11. The van der Waals surface area contributed by atoms with Crippen LogP contribution in [0.1, 0.15) is 5.56 Å². The van der Waals surface area contributed by atoms with Crippen LogP contribution in [0.5, 0.6) is 0 Å². The van der Waals surface area contributed by atoms with E-state index >= 15 is 0 Å². The van der Waals surface area contributed by atoms with E-state index in [0.29, 0.717) is 19.7 Å². The highest BCUT2D eigenvalue weighted by Gasteiger charge is 2.19. The number of carbonyl (C=O) groups excluding carboxylic acids is 1. The van der Waals surface area contributed by atoms with Crippen molar-refractivity contribution >= 4 is 15.9 Å². The quantitative estimate of drug-likeness (QED) is 0.800. The molecule has 1 N–H and O–H groups in total. The average molecular weight is 298 g/mol. The van der Waals surface area contributed by atoms with Crippen molar-refractivity contribution in [3.8, 4) is 0 Å². The fraction of sp³-hybridized carbons (Fsp3) is 0.462. The van der Waals surface area contributed by atoms with Gasteiger partial charge in [-0.3, -0.25) is 4.79 Å². The van der Waals surface area contributed by atoms with Crippen LogP contribution in [0, 0.1) is 0 Å². The summed E-state index contributed by atoms with van der Waals surface area (Å²) in [6.07, 6.45) is 0. The second-order valence-electron chi connectivity index (χ2n) is 4.57. The Morgan fingerprint density at radius 1 is 1.25 bits per heavy atom. The lowest BCUT2D eigenvalue weighted by Gasteiger charge is -2.26. The van der Waals surface area contributed by atoms with E-state index in [4.69, 9.17) is 4.74 Å². The van der Waals surface area contributed by atoms with Crippen molar-refractivity contribution < 1.29 is 17.9 Å². The van der Waals surface area contributed by atoms with Crippen LogP contribution in [0.3, 0.4) is 0 Å². The summed E-state index contributed by atoms with van der Waals surface area (Å²) in [5.74, 6) is -0.149. The molecule has 0 aromatic heterocycles. The van der Waals surface area contributed by atoms with Gasteiger partial charge in [0.2, 0.25) is 15.9 Å². The summed E-state index contributed by atoms with van der Waals surface area (Å²) in [7, 11) is -3.37. The topological polar surface area (TPSA) is 75.7 Å². The SMILES string of the molecule is O=C1COCCN1CCNS(=O)(=O)Cc1ccccc1. The van der Waals surface area contributed by atoms with Gasteiger partial charge in [-0.25, -0.2) is 13.1 Å². The monoisotopic (exact) mass is 298 g/mol. The highest BCUT2D eigenvalue weighted by atomic mass is 32.2. The van der Waals surface area contributed by atoms with Crippen LogP contribution in [-0.4, -0.2) is 52.1 Å². The molecular weight excluding hydrogens is 280 g/mol. The van der Waals surface area contributed by atoms with Crippen molar-refractivity contribution in [3.63, 3.8) is 0 Å². The number of ether oxygens (including phenoxy) is 1. The maximum atomic E-state index is 11.9. The Balaban J connectivity index is 1.79. The third kappa shape index (κ3) is 4.59. The molecule has 0 spiro atoms. The van der Waals surface area contributed by atoms with Crippen LogP contribution in [-0.2, 0) is 25.3 Å². The maximum Gasteiger partial charge on any atom is 0.248 e. The van der Waals surface area contributed by atoms with Crippen molar-refractivity contribution in [3.05, 3.63) is 35.9 Å². The molecule has 7 heteroatoms. The number of hydrogen-bond donors (Lipinski definition) is 1. The third-order valence-electron chi connectivity index (χ3n) is 2.99. The summed E-state index contributed by atoms with van der Waals surface area (Å²) in [6, 6.07) is 8.98. The predicted molar refractivity (Wildman–Crippen MR) is 74.5 cm³/mol. The van der Waals surface area contributed by atoms with Crippen molar-refractivity contribution in [2.45, 2.75) is 5.75 Å². The molecular formula is C13H18N2O4S. The number of sulfonamides is 1. The lowest BCUT2D eigenvalue weighted by Crippen LogP contribution is -2.45. The molecule has 1 aliphatic heterocycles. The Hall–Kier alpha value is -1.44. The van der Waals surface area contributed by atoms with E-state index in [0.717, 1.165) is 5.56 Å². The number of amides is 1. The van der Waals surface area contributed by atoms with Crippen LogP contribution >= 0.6 is 0 Å². The molecule has 0 bridgehead atoms. The van der Waals surface area contributed by atoms with Gasteiger partial charge in [0.25, 0.3) is 0 Å². The number of hydrogen-bond acceptors (Lipinski definition) is 4. The normalized spacial score (nSPS) is 16.4. The standard InChI is InChI=1S/C13H18N2O4S/c16-13-10-19-9-8-15(13)7-6-14-20(17,18)11-12-4-2-1-3-5-12/h1-5,14H,6-11H2. The smallest absolute Gasteiger partial charge is 0.248 e. The number of rotatable bonds is 6. The number of carbonyl (C=O) groups is 1. The molecule has 0 saturated carbocycles. The Labute approximate surface area is 118 Å². The molecule has 0 aliphatic carbocycles. The summed E-state index contributed by atoms with van der Waals surface area (Å²) in [5.41, 5.74) is 0.738. The fourth-order valence-electron chi connectivity index (χ4n) is 1.97. The molecule has 1 aromatic carbocycles. The molecule has 1 heterocycles. The van der Waals surface area contributed by atoms with Gasteiger partial charge in [-0.05, 0) is 5.56 Å². The maximum absolute atomic E-state index is 11.9. The molecule has 1 aliphatic rings. The van der Waals surface area contributed by atoms with Crippen LogP contribution in [0.25, 0.3) is 0 Å². The molecule has 110 valence electrons. The van der Waals surface area contributed by atoms with Crippen LogP contribution in [0.15, 0.2) is 30.3 Å². The van der Waals surface area contributed by atoms with E-state index < -0.39 is 10.0 Å². The largest absolute Gasteiger partial charge is 0.370 e. The summed E-state index contributed by atoms with van der Waals surface area (Å²) in [5, 5.41) is 0. The first-order chi connectivity index (χ1) is 9.57. The third-order valence-corrected chi connectivity index (χ3v) is 4.34. The molecule has 6 nitrogen and oxygen atoms in total. The number of morpholine rings is 1. The van der Waals surface area contributed by atoms with Gasteiger partial charge in [-0.2, -0.15) is 0 Å². The first-order valence-electron chi connectivity index (χ1n) is 6.44. The van der Waals surface area contributed by atoms with Crippen molar-refractivity contribution in [1.29, 1.82) is 0 Å². The van der Waals surface area contributed by atoms with Crippen molar-refractivity contribution in [2.75, 3.05) is 32.8 Å². The number of nitrogens with zero attached hydrogens (tertiary/aromatic N) is 1. The second-order valence-corrected chi connectivity index (χ2v) is 6.38. The highest BCUT2D eigenvalue weighted by molar-refractivity contribution is 7.88. The van der Waals surface area contributed by atoms with Crippen molar-refractivity contribution in [2.24, 2.45) is 0 Å². The van der Waals surface area contributed by atoms with Crippen LogP contribution in [0.2, 0.25) is 0 Å². The molecule has 0 atom stereocenters. The van der Waals surface area contributed by atoms with Gasteiger partial charge in [0.15, 0.2) is 0 Å². The van der Waals surface area contributed by atoms with Gasteiger partial charge in [-0.15, -0.1) is 0 Å². The van der Waals surface area contributed by atoms with E-state index in [1.165, 1.54) is 0 Å². The molecule has 0 radical (unpaired) electrons. The van der Waals surface area contributed by atoms with E-state index in [2.05, 4.69) is 4.72 Å². The Morgan fingerprint density at radius 3 is 2.70 bits per heavy atom. The molecule has 1 saturated heterocycles. The van der Waals surface area contributed by atoms with Gasteiger partial charge in [0.1, 0.15) is 6.61 Å². The van der Waals surface area contributed by atoms with Crippen molar-refractivity contribution in [1.82, 2.24) is 9.62 Å². The Bertz CT molecular complexity index is 545. The fourth-order valence-corrected chi connectivity index (χ4v) is 3.10. The van der Waals surface area contributed by atoms with E-state index in [9.17, 15) is 13.2 Å². The molecule has 1 amide bonds.